The lowest BCUT2D eigenvalue weighted by atomic mass is 9.77. The van der Waals surface area contributed by atoms with E-state index >= 15 is 0 Å². The van der Waals surface area contributed by atoms with Crippen LogP contribution in [0.1, 0.15) is 37.7 Å². The number of amides is 1. The maximum atomic E-state index is 13.2. The number of rotatable bonds is 4. The highest BCUT2D eigenvalue weighted by atomic mass is 35.5. The number of carbonyl (C=O) groups excluding carboxylic acids is 1. The Morgan fingerprint density at radius 3 is 2.74 bits per heavy atom. The topological polar surface area (TPSA) is 29.5 Å². The number of likely N-dealkylation sites (tertiary alicyclic amines) is 1. The molecular weight excluding hydrogens is 324 g/mol. The van der Waals surface area contributed by atoms with Gasteiger partial charge < -0.3 is 9.64 Å². The molecule has 1 saturated heterocycles. The predicted molar refractivity (Wildman–Crippen MR) is 83.7 cm³/mol. The van der Waals surface area contributed by atoms with Crippen molar-refractivity contribution in [3.8, 4) is 0 Å². The summed E-state index contributed by atoms with van der Waals surface area (Å²) in [5.74, 6) is 0.0256. The zero-order valence-corrected chi connectivity index (χ0v) is 13.6. The van der Waals surface area contributed by atoms with Gasteiger partial charge in [0.15, 0.2) is 0 Å². The minimum absolute atomic E-state index is 0.0256. The SMILES string of the molecule is O=C(N1CC[C@H](OC(F)F)C1)C1(c2cccc(Cl)c2)CCCC1. The first-order valence-corrected chi connectivity index (χ1v) is 8.38. The molecule has 1 aromatic rings. The number of carbonyl (C=O) groups is 1. The molecule has 0 bridgehead atoms. The first-order chi connectivity index (χ1) is 11.0. The minimum Gasteiger partial charge on any atom is -0.339 e. The van der Waals surface area contributed by atoms with Crippen LogP contribution < -0.4 is 0 Å². The van der Waals surface area contributed by atoms with E-state index < -0.39 is 18.1 Å². The van der Waals surface area contributed by atoms with Gasteiger partial charge in [-0.1, -0.05) is 36.6 Å². The van der Waals surface area contributed by atoms with Gasteiger partial charge in [0.2, 0.25) is 5.91 Å². The van der Waals surface area contributed by atoms with Crippen LogP contribution >= 0.6 is 11.6 Å². The molecule has 2 aliphatic rings. The molecule has 1 heterocycles. The predicted octanol–water partition coefficient (Wildman–Crippen LogP) is 3.99. The van der Waals surface area contributed by atoms with Gasteiger partial charge >= 0.3 is 6.61 Å². The highest BCUT2D eigenvalue weighted by Crippen LogP contribution is 2.43. The highest BCUT2D eigenvalue weighted by Gasteiger charge is 2.46. The largest absolute Gasteiger partial charge is 0.345 e. The van der Waals surface area contributed by atoms with Crippen LogP contribution in [0.4, 0.5) is 8.78 Å². The molecule has 3 nitrogen and oxygen atoms in total. The van der Waals surface area contributed by atoms with E-state index in [-0.39, 0.29) is 12.5 Å². The summed E-state index contributed by atoms with van der Waals surface area (Å²) in [6.45, 7) is -2.08. The normalized spacial score (nSPS) is 23.7. The summed E-state index contributed by atoms with van der Waals surface area (Å²) >= 11 is 6.10. The number of benzene rings is 1. The molecule has 6 heteroatoms. The smallest absolute Gasteiger partial charge is 0.339 e. The van der Waals surface area contributed by atoms with E-state index in [2.05, 4.69) is 4.74 Å². The summed E-state index contributed by atoms with van der Waals surface area (Å²) < 4.78 is 29.3. The van der Waals surface area contributed by atoms with Crippen LogP contribution in [0.5, 0.6) is 0 Å². The van der Waals surface area contributed by atoms with Crippen molar-refractivity contribution in [3.05, 3.63) is 34.9 Å². The van der Waals surface area contributed by atoms with E-state index in [1.165, 1.54) is 0 Å². The summed E-state index contributed by atoms with van der Waals surface area (Å²) in [4.78, 5) is 14.8. The monoisotopic (exact) mass is 343 g/mol. The van der Waals surface area contributed by atoms with Crippen molar-refractivity contribution in [2.24, 2.45) is 0 Å². The van der Waals surface area contributed by atoms with Crippen molar-refractivity contribution < 1.29 is 18.3 Å². The molecule has 2 fully saturated rings. The first kappa shape index (κ1) is 16.7. The average molecular weight is 344 g/mol. The Kier molecular flexibility index (Phi) is 4.87. The fourth-order valence-electron chi connectivity index (χ4n) is 3.86. The minimum atomic E-state index is -2.79. The average Bonchev–Trinajstić information content (AvgIpc) is 3.16. The number of alkyl halides is 2. The third kappa shape index (κ3) is 3.36. The van der Waals surface area contributed by atoms with Gasteiger partial charge in [-0.3, -0.25) is 4.79 Å². The number of hydrogen-bond donors (Lipinski definition) is 0. The molecule has 0 spiro atoms. The molecule has 0 N–H and O–H groups in total. The standard InChI is InChI=1S/C17H20ClF2NO2/c18-13-5-3-4-12(10-13)17(7-1-2-8-17)15(22)21-9-6-14(11-21)23-16(19)20/h3-5,10,14,16H,1-2,6-9,11H2/t14-/m0/s1. The summed E-state index contributed by atoms with van der Waals surface area (Å²) in [5.41, 5.74) is 0.371. The van der Waals surface area contributed by atoms with E-state index in [1.54, 1.807) is 11.0 Å². The van der Waals surface area contributed by atoms with Crippen LogP contribution in [-0.2, 0) is 14.9 Å². The fourth-order valence-corrected chi connectivity index (χ4v) is 4.05. The third-order valence-electron chi connectivity index (χ3n) is 4.97. The van der Waals surface area contributed by atoms with Crippen LogP contribution in [0.15, 0.2) is 24.3 Å². The Balaban J connectivity index is 1.80. The molecule has 0 unspecified atom stereocenters. The maximum absolute atomic E-state index is 13.2. The summed E-state index contributed by atoms with van der Waals surface area (Å²) in [6.07, 6.45) is 3.43. The second-order valence-electron chi connectivity index (χ2n) is 6.36. The van der Waals surface area contributed by atoms with E-state index in [1.807, 2.05) is 18.2 Å². The molecule has 23 heavy (non-hydrogen) atoms. The van der Waals surface area contributed by atoms with Crippen molar-refractivity contribution in [1.82, 2.24) is 4.90 Å². The van der Waals surface area contributed by atoms with E-state index in [9.17, 15) is 13.6 Å². The second kappa shape index (κ2) is 6.73. The lowest BCUT2D eigenvalue weighted by Gasteiger charge is -2.33. The Labute approximate surface area is 139 Å². The quantitative estimate of drug-likeness (QED) is 0.827. The van der Waals surface area contributed by atoms with E-state index in [4.69, 9.17) is 11.6 Å². The summed E-state index contributed by atoms with van der Waals surface area (Å²) in [5, 5.41) is 0.613. The van der Waals surface area contributed by atoms with Gasteiger partial charge in [0.05, 0.1) is 11.5 Å². The first-order valence-electron chi connectivity index (χ1n) is 8.00. The van der Waals surface area contributed by atoms with Crippen molar-refractivity contribution in [2.45, 2.75) is 50.2 Å². The number of ether oxygens (including phenoxy) is 1. The molecule has 126 valence electrons. The molecule has 1 aliphatic carbocycles. The molecule has 0 aromatic heterocycles. The van der Waals surface area contributed by atoms with Crippen molar-refractivity contribution in [3.63, 3.8) is 0 Å². The molecule has 1 atom stereocenters. The zero-order chi connectivity index (χ0) is 16.4. The van der Waals surface area contributed by atoms with Gasteiger partial charge in [0.25, 0.3) is 0 Å². The van der Waals surface area contributed by atoms with E-state index in [0.717, 1.165) is 31.2 Å². The Bertz CT molecular complexity index is 575. The molecule has 1 amide bonds. The van der Waals surface area contributed by atoms with Gasteiger partial charge in [-0.2, -0.15) is 8.78 Å². The Morgan fingerprint density at radius 1 is 1.35 bits per heavy atom. The van der Waals surface area contributed by atoms with Crippen molar-refractivity contribution >= 4 is 17.5 Å². The van der Waals surface area contributed by atoms with Gasteiger partial charge in [-0.05, 0) is 37.0 Å². The molecule has 1 saturated carbocycles. The van der Waals surface area contributed by atoms with Gasteiger partial charge in [0, 0.05) is 18.1 Å². The maximum Gasteiger partial charge on any atom is 0.345 e. The molecule has 3 rings (SSSR count). The van der Waals surface area contributed by atoms with Crippen LogP contribution in [0, 0.1) is 0 Å². The van der Waals surface area contributed by atoms with Crippen LogP contribution in [0.25, 0.3) is 0 Å². The van der Waals surface area contributed by atoms with Crippen molar-refractivity contribution in [2.75, 3.05) is 13.1 Å². The third-order valence-corrected chi connectivity index (χ3v) is 5.21. The highest BCUT2D eigenvalue weighted by molar-refractivity contribution is 6.30. The van der Waals surface area contributed by atoms with Crippen LogP contribution in [0.3, 0.4) is 0 Å². The number of nitrogens with zero attached hydrogens (tertiary/aromatic N) is 1. The molecule has 0 radical (unpaired) electrons. The zero-order valence-electron chi connectivity index (χ0n) is 12.8. The lowest BCUT2D eigenvalue weighted by molar-refractivity contribution is -0.161. The Morgan fingerprint density at radius 2 is 2.09 bits per heavy atom. The second-order valence-corrected chi connectivity index (χ2v) is 6.79. The number of halogens is 3. The molecular formula is C17H20ClF2NO2. The van der Waals surface area contributed by atoms with E-state index in [0.29, 0.717) is 18.0 Å². The molecule has 1 aliphatic heterocycles. The van der Waals surface area contributed by atoms with Crippen molar-refractivity contribution in [1.29, 1.82) is 0 Å². The van der Waals surface area contributed by atoms with Crippen LogP contribution in [-0.4, -0.2) is 36.6 Å². The fraction of sp³-hybridized carbons (Fsp3) is 0.588. The van der Waals surface area contributed by atoms with Gasteiger partial charge in [-0.25, -0.2) is 0 Å². The van der Waals surface area contributed by atoms with Crippen LogP contribution in [0.2, 0.25) is 5.02 Å². The van der Waals surface area contributed by atoms with Gasteiger partial charge in [0.1, 0.15) is 0 Å². The summed E-state index contributed by atoms with van der Waals surface area (Å²) in [6, 6.07) is 7.45. The Hall–Kier alpha value is -1.20. The molecule has 1 aromatic carbocycles. The lowest BCUT2D eigenvalue weighted by Crippen LogP contribution is -2.45. The summed E-state index contributed by atoms with van der Waals surface area (Å²) in [7, 11) is 0. The number of hydrogen-bond acceptors (Lipinski definition) is 2. The van der Waals surface area contributed by atoms with Gasteiger partial charge in [-0.15, -0.1) is 0 Å².